The number of esters is 1. The summed E-state index contributed by atoms with van der Waals surface area (Å²) in [4.78, 5) is 21.8. The Hall–Kier alpha value is -1.96. The van der Waals surface area contributed by atoms with Gasteiger partial charge in [0.2, 0.25) is 0 Å². The minimum absolute atomic E-state index is 0.00911. The Morgan fingerprint density at radius 3 is 1.87 bits per heavy atom. The molecule has 1 aromatic rings. The van der Waals surface area contributed by atoms with E-state index in [1.54, 1.807) is 24.3 Å². The lowest BCUT2D eigenvalue weighted by Gasteiger charge is -2.07. The van der Waals surface area contributed by atoms with Crippen molar-refractivity contribution in [3.8, 4) is 0 Å². The highest BCUT2D eigenvalue weighted by Crippen LogP contribution is 2.00. The minimum Gasteiger partial charge on any atom is -0.481 e. The van der Waals surface area contributed by atoms with Gasteiger partial charge in [-0.25, -0.2) is 4.79 Å². The molecule has 0 aromatic heterocycles. The molecular formula is C16H22O7. The molecule has 0 heterocycles. The van der Waals surface area contributed by atoms with Gasteiger partial charge < -0.3 is 24.1 Å². The van der Waals surface area contributed by atoms with Crippen LogP contribution in [0, 0.1) is 0 Å². The molecule has 0 aliphatic rings. The van der Waals surface area contributed by atoms with Crippen LogP contribution in [0.4, 0.5) is 0 Å². The Kier molecular flexibility index (Phi) is 10.4. The molecular weight excluding hydrogens is 304 g/mol. The predicted octanol–water partition coefficient (Wildman–Crippen LogP) is 1.37. The molecule has 0 saturated heterocycles. The van der Waals surface area contributed by atoms with Crippen LogP contribution < -0.4 is 0 Å². The summed E-state index contributed by atoms with van der Waals surface area (Å²) in [6.45, 7) is 2.19. The quantitative estimate of drug-likeness (QED) is 0.432. The average molecular weight is 326 g/mol. The van der Waals surface area contributed by atoms with E-state index in [9.17, 15) is 9.59 Å². The molecule has 23 heavy (non-hydrogen) atoms. The highest BCUT2D eigenvalue weighted by Gasteiger charge is 2.04. The Morgan fingerprint density at radius 2 is 1.30 bits per heavy atom. The maximum atomic E-state index is 11.6. The normalized spacial score (nSPS) is 10.4. The molecule has 0 aliphatic carbocycles. The number of carboxylic acids is 1. The molecule has 7 nitrogen and oxygen atoms in total. The third kappa shape index (κ3) is 10.4. The van der Waals surface area contributed by atoms with Crippen LogP contribution in [-0.4, -0.2) is 63.3 Å². The van der Waals surface area contributed by atoms with Crippen molar-refractivity contribution in [2.45, 2.75) is 6.42 Å². The molecule has 0 amide bonds. The SMILES string of the molecule is O=C(O)CCOCCOCCOCCOC(=O)c1ccccc1. The van der Waals surface area contributed by atoms with E-state index in [4.69, 9.17) is 24.1 Å². The largest absolute Gasteiger partial charge is 0.481 e. The second-order valence-corrected chi connectivity index (χ2v) is 4.48. The van der Waals surface area contributed by atoms with Crippen molar-refractivity contribution in [2.75, 3.05) is 46.2 Å². The maximum Gasteiger partial charge on any atom is 0.338 e. The molecule has 7 heteroatoms. The first-order chi connectivity index (χ1) is 11.2. The standard InChI is InChI=1S/C16H22O7/c17-15(18)6-7-20-8-9-21-10-11-22-12-13-23-16(19)14-4-2-1-3-5-14/h1-5H,6-13H2,(H,17,18). The second kappa shape index (κ2) is 12.6. The molecule has 1 rings (SSSR count). The van der Waals surface area contributed by atoms with Crippen LogP contribution in [0.15, 0.2) is 30.3 Å². The first-order valence-corrected chi connectivity index (χ1v) is 7.37. The zero-order chi connectivity index (χ0) is 16.8. The van der Waals surface area contributed by atoms with Crippen molar-refractivity contribution in [2.24, 2.45) is 0 Å². The highest BCUT2D eigenvalue weighted by atomic mass is 16.6. The summed E-state index contributed by atoms with van der Waals surface area (Å²) in [7, 11) is 0. The van der Waals surface area contributed by atoms with Crippen molar-refractivity contribution in [3.05, 3.63) is 35.9 Å². The summed E-state index contributed by atoms with van der Waals surface area (Å²) in [5.41, 5.74) is 0.513. The molecule has 0 radical (unpaired) electrons. The first kappa shape index (κ1) is 19.1. The van der Waals surface area contributed by atoms with Gasteiger partial charge in [0.25, 0.3) is 0 Å². The van der Waals surface area contributed by atoms with Crippen molar-refractivity contribution in [1.29, 1.82) is 0 Å². The Morgan fingerprint density at radius 1 is 0.783 bits per heavy atom. The monoisotopic (exact) mass is 326 g/mol. The van der Waals surface area contributed by atoms with E-state index >= 15 is 0 Å². The Balaban J connectivity index is 1.85. The topological polar surface area (TPSA) is 91.3 Å². The van der Waals surface area contributed by atoms with Gasteiger partial charge in [0.15, 0.2) is 0 Å². The smallest absolute Gasteiger partial charge is 0.338 e. The summed E-state index contributed by atoms with van der Waals surface area (Å²) in [6.07, 6.45) is -0.00911. The predicted molar refractivity (Wildman–Crippen MR) is 81.4 cm³/mol. The van der Waals surface area contributed by atoms with Crippen LogP contribution in [0.2, 0.25) is 0 Å². The molecule has 0 bridgehead atoms. The number of ether oxygens (including phenoxy) is 4. The summed E-state index contributed by atoms with van der Waals surface area (Å²) in [5.74, 6) is -1.25. The van der Waals surface area contributed by atoms with Gasteiger partial charge in [0, 0.05) is 0 Å². The zero-order valence-electron chi connectivity index (χ0n) is 12.9. The van der Waals surface area contributed by atoms with Crippen LogP contribution in [0.3, 0.4) is 0 Å². The van der Waals surface area contributed by atoms with Gasteiger partial charge in [0.05, 0.1) is 51.6 Å². The van der Waals surface area contributed by atoms with Gasteiger partial charge in [-0.2, -0.15) is 0 Å². The lowest BCUT2D eigenvalue weighted by atomic mass is 10.2. The van der Waals surface area contributed by atoms with E-state index in [1.165, 1.54) is 0 Å². The minimum atomic E-state index is -0.882. The number of benzene rings is 1. The summed E-state index contributed by atoms with van der Waals surface area (Å²) >= 11 is 0. The van der Waals surface area contributed by atoms with Crippen LogP contribution in [0.25, 0.3) is 0 Å². The summed E-state index contributed by atoms with van der Waals surface area (Å²) in [6, 6.07) is 8.76. The second-order valence-electron chi connectivity index (χ2n) is 4.48. The van der Waals surface area contributed by atoms with Crippen LogP contribution in [0.5, 0.6) is 0 Å². The number of hydrogen-bond acceptors (Lipinski definition) is 6. The van der Waals surface area contributed by atoms with E-state index in [1.807, 2.05) is 6.07 Å². The van der Waals surface area contributed by atoms with E-state index in [0.29, 0.717) is 38.6 Å². The van der Waals surface area contributed by atoms with Gasteiger partial charge in [-0.1, -0.05) is 18.2 Å². The first-order valence-electron chi connectivity index (χ1n) is 7.37. The number of carboxylic acid groups (broad SMARTS) is 1. The van der Waals surface area contributed by atoms with Crippen molar-refractivity contribution < 1.29 is 33.6 Å². The third-order valence-electron chi connectivity index (χ3n) is 2.67. The summed E-state index contributed by atoms with van der Waals surface area (Å²) in [5, 5.41) is 8.40. The maximum absolute atomic E-state index is 11.6. The summed E-state index contributed by atoms with van der Waals surface area (Å²) < 4.78 is 20.6. The van der Waals surface area contributed by atoms with Gasteiger partial charge in [0.1, 0.15) is 6.61 Å². The fourth-order valence-corrected chi connectivity index (χ4v) is 1.55. The molecule has 0 saturated carbocycles. The molecule has 0 atom stereocenters. The number of aliphatic carboxylic acids is 1. The number of rotatable bonds is 13. The van der Waals surface area contributed by atoms with Gasteiger partial charge in [-0.3, -0.25) is 4.79 Å². The van der Waals surface area contributed by atoms with E-state index < -0.39 is 5.97 Å². The molecule has 0 unspecified atom stereocenters. The van der Waals surface area contributed by atoms with Crippen LogP contribution in [0.1, 0.15) is 16.8 Å². The third-order valence-corrected chi connectivity index (χ3v) is 2.67. The van der Waals surface area contributed by atoms with Crippen molar-refractivity contribution in [3.63, 3.8) is 0 Å². The molecule has 1 aromatic carbocycles. The van der Waals surface area contributed by atoms with Crippen molar-refractivity contribution in [1.82, 2.24) is 0 Å². The molecule has 0 spiro atoms. The van der Waals surface area contributed by atoms with Crippen LogP contribution >= 0.6 is 0 Å². The Bertz CT molecular complexity index is 447. The fraction of sp³-hybridized carbons (Fsp3) is 0.500. The van der Waals surface area contributed by atoms with Gasteiger partial charge >= 0.3 is 11.9 Å². The van der Waals surface area contributed by atoms with E-state index in [0.717, 1.165) is 0 Å². The lowest BCUT2D eigenvalue weighted by molar-refractivity contribution is -0.138. The van der Waals surface area contributed by atoms with E-state index in [-0.39, 0.29) is 25.6 Å². The molecule has 0 aliphatic heterocycles. The lowest BCUT2D eigenvalue weighted by Crippen LogP contribution is -2.14. The fourth-order valence-electron chi connectivity index (χ4n) is 1.55. The number of carbonyl (C=O) groups is 2. The van der Waals surface area contributed by atoms with Gasteiger partial charge in [-0.15, -0.1) is 0 Å². The van der Waals surface area contributed by atoms with Crippen LogP contribution in [-0.2, 0) is 23.7 Å². The Labute approximate surface area is 135 Å². The van der Waals surface area contributed by atoms with Crippen molar-refractivity contribution >= 4 is 11.9 Å². The molecule has 0 fully saturated rings. The number of carbonyl (C=O) groups excluding carboxylic acids is 1. The van der Waals surface area contributed by atoms with E-state index in [2.05, 4.69) is 0 Å². The number of hydrogen-bond donors (Lipinski definition) is 1. The molecule has 1 N–H and O–H groups in total. The molecule has 128 valence electrons. The zero-order valence-corrected chi connectivity index (χ0v) is 12.9. The van der Waals surface area contributed by atoms with Gasteiger partial charge in [-0.05, 0) is 12.1 Å². The highest BCUT2D eigenvalue weighted by molar-refractivity contribution is 5.89. The average Bonchev–Trinajstić information content (AvgIpc) is 2.56.